The molecule has 0 spiro atoms. The van der Waals surface area contributed by atoms with Crippen molar-refractivity contribution in [3.63, 3.8) is 0 Å². The first-order chi connectivity index (χ1) is 8.16. The van der Waals surface area contributed by atoms with E-state index in [0.717, 1.165) is 5.56 Å². The molecule has 0 radical (unpaired) electrons. The Morgan fingerprint density at radius 3 is 3.06 bits per heavy atom. The summed E-state index contributed by atoms with van der Waals surface area (Å²) in [6, 6.07) is 1.44. The largest absolute Gasteiger partial charge is 0.384 e. The third kappa shape index (κ3) is 2.73. The Balaban J connectivity index is 2.07. The molecule has 0 aliphatic carbocycles. The number of H-pyrrole nitrogens is 1. The van der Waals surface area contributed by atoms with E-state index < -0.39 is 0 Å². The fourth-order valence-corrected chi connectivity index (χ4v) is 1.47. The summed E-state index contributed by atoms with van der Waals surface area (Å²) in [6.45, 7) is 0.369. The first-order valence-electron chi connectivity index (χ1n) is 4.83. The molecule has 88 valence electrons. The van der Waals surface area contributed by atoms with Gasteiger partial charge in [0.1, 0.15) is 5.82 Å². The molecule has 0 fully saturated rings. The number of halogens is 1. The molecule has 0 atom stereocenters. The van der Waals surface area contributed by atoms with E-state index in [2.05, 4.69) is 20.5 Å². The molecule has 0 aliphatic heterocycles. The average Bonchev–Trinajstić information content (AvgIpc) is 2.82. The summed E-state index contributed by atoms with van der Waals surface area (Å²) in [5, 5.41) is 9.40. The molecule has 0 bridgehead atoms. The topological polar surface area (TPSA) is 96.7 Å². The molecule has 17 heavy (non-hydrogen) atoms. The van der Waals surface area contributed by atoms with Crippen LogP contribution in [0.1, 0.15) is 15.9 Å². The van der Waals surface area contributed by atoms with Crippen LogP contribution in [0.2, 0.25) is 5.02 Å². The number of aromatic nitrogens is 3. The first kappa shape index (κ1) is 11.4. The number of hydrogen-bond acceptors (Lipinski definition) is 4. The number of nitrogens with zero attached hydrogens (tertiary/aromatic N) is 2. The number of nitrogen functional groups attached to an aromatic ring is 1. The monoisotopic (exact) mass is 251 g/mol. The lowest BCUT2D eigenvalue weighted by Crippen LogP contribution is -2.23. The Hall–Kier alpha value is -2.08. The van der Waals surface area contributed by atoms with Crippen LogP contribution in [0.5, 0.6) is 0 Å². The molecular weight excluding hydrogens is 242 g/mol. The molecule has 2 aromatic rings. The molecule has 2 aromatic heterocycles. The number of pyridine rings is 1. The van der Waals surface area contributed by atoms with Gasteiger partial charge < -0.3 is 11.1 Å². The molecule has 7 heteroatoms. The van der Waals surface area contributed by atoms with Gasteiger partial charge in [-0.15, -0.1) is 0 Å². The Bertz CT molecular complexity index is 525. The highest BCUT2D eigenvalue weighted by atomic mass is 35.5. The number of carbonyl (C=O) groups is 1. The SMILES string of the molecule is Nc1cc(C(=O)NCc2cn[nH]c2)c(Cl)cn1. The second-order valence-electron chi connectivity index (χ2n) is 3.38. The van der Waals surface area contributed by atoms with Crippen molar-refractivity contribution in [3.05, 3.63) is 40.8 Å². The second kappa shape index (κ2) is 4.84. The summed E-state index contributed by atoms with van der Waals surface area (Å²) in [7, 11) is 0. The van der Waals surface area contributed by atoms with Gasteiger partial charge in [0.25, 0.3) is 5.91 Å². The maximum Gasteiger partial charge on any atom is 0.253 e. The van der Waals surface area contributed by atoms with Crippen molar-refractivity contribution >= 4 is 23.3 Å². The van der Waals surface area contributed by atoms with Gasteiger partial charge in [-0.2, -0.15) is 5.10 Å². The van der Waals surface area contributed by atoms with Crippen LogP contribution in [-0.4, -0.2) is 21.1 Å². The standard InChI is InChI=1S/C10H10ClN5O/c11-8-5-13-9(12)1-7(8)10(17)14-2-6-3-15-16-4-6/h1,3-5H,2H2,(H2,12,13)(H,14,17)(H,15,16). The predicted molar refractivity (Wildman–Crippen MR) is 63.4 cm³/mol. The molecule has 0 aliphatic rings. The van der Waals surface area contributed by atoms with Crippen LogP contribution in [-0.2, 0) is 6.54 Å². The smallest absolute Gasteiger partial charge is 0.253 e. The highest BCUT2D eigenvalue weighted by Gasteiger charge is 2.11. The zero-order valence-corrected chi connectivity index (χ0v) is 9.53. The van der Waals surface area contributed by atoms with E-state index in [-0.39, 0.29) is 16.7 Å². The molecule has 0 aromatic carbocycles. The number of aromatic amines is 1. The quantitative estimate of drug-likeness (QED) is 0.757. The average molecular weight is 252 g/mol. The van der Waals surface area contributed by atoms with Crippen molar-refractivity contribution in [3.8, 4) is 0 Å². The van der Waals surface area contributed by atoms with Crippen LogP contribution in [0.15, 0.2) is 24.7 Å². The molecule has 0 saturated heterocycles. The van der Waals surface area contributed by atoms with Crippen molar-refractivity contribution in [2.24, 2.45) is 0 Å². The van der Waals surface area contributed by atoms with Gasteiger partial charge in [-0.1, -0.05) is 11.6 Å². The lowest BCUT2D eigenvalue weighted by atomic mass is 10.2. The third-order valence-corrected chi connectivity index (χ3v) is 2.43. The Kier molecular flexibility index (Phi) is 3.24. The summed E-state index contributed by atoms with van der Waals surface area (Å²) in [6.07, 6.45) is 4.68. The van der Waals surface area contributed by atoms with Crippen molar-refractivity contribution in [1.82, 2.24) is 20.5 Å². The summed E-state index contributed by atoms with van der Waals surface area (Å²) >= 11 is 5.85. The van der Waals surface area contributed by atoms with E-state index in [1.54, 1.807) is 12.4 Å². The number of hydrogen-bond donors (Lipinski definition) is 3. The van der Waals surface area contributed by atoms with Gasteiger partial charge in [-0.05, 0) is 6.07 Å². The van der Waals surface area contributed by atoms with E-state index in [4.69, 9.17) is 17.3 Å². The van der Waals surface area contributed by atoms with Gasteiger partial charge >= 0.3 is 0 Å². The van der Waals surface area contributed by atoms with Crippen molar-refractivity contribution in [2.45, 2.75) is 6.54 Å². The fourth-order valence-electron chi connectivity index (χ4n) is 1.28. The maximum atomic E-state index is 11.8. The molecule has 0 unspecified atom stereocenters. The van der Waals surface area contributed by atoms with E-state index in [1.165, 1.54) is 12.3 Å². The number of amides is 1. The van der Waals surface area contributed by atoms with Gasteiger partial charge in [0, 0.05) is 24.5 Å². The third-order valence-electron chi connectivity index (χ3n) is 2.13. The van der Waals surface area contributed by atoms with Gasteiger partial charge in [0.2, 0.25) is 0 Å². The molecule has 6 nitrogen and oxygen atoms in total. The summed E-state index contributed by atoms with van der Waals surface area (Å²) in [5.41, 5.74) is 6.67. The van der Waals surface area contributed by atoms with E-state index in [9.17, 15) is 4.79 Å². The van der Waals surface area contributed by atoms with E-state index in [0.29, 0.717) is 12.1 Å². The number of rotatable bonds is 3. The molecule has 1 amide bonds. The summed E-state index contributed by atoms with van der Waals surface area (Å²) in [5.74, 6) is -0.0480. The highest BCUT2D eigenvalue weighted by Crippen LogP contribution is 2.16. The number of carbonyl (C=O) groups excluding carboxylic acids is 1. The van der Waals surface area contributed by atoms with Crippen LogP contribution in [0.3, 0.4) is 0 Å². The van der Waals surface area contributed by atoms with Crippen molar-refractivity contribution < 1.29 is 4.79 Å². The predicted octanol–water partition coefficient (Wildman–Crippen LogP) is 0.970. The van der Waals surface area contributed by atoms with E-state index >= 15 is 0 Å². The molecular formula is C10H10ClN5O. The normalized spacial score (nSPS) is 10.2. The Morgan fingerprint density at radius 1 is 1.53 bits per heavy atom. The van der Waals surface area contributed by atoms with Crippen molar-refractivity contribution in [2.75, 3.05) is 5.73 Å². The van der Waals surface area contributed by atoms with Crippen LogP contribution in [0, 0.1) is 0 Å². The number of anilines is 1. The van der Waals surface area contributed by atoms with Crippen LogP contribution < -0.4 is 11.1 Å². The zero-order valence-electron chi connectivity index (χ0n) is 8.77. The number of nitrogens with two attached hydrogens (primary N) is 1. The zero-order chi connectivity index (χ0) is 12.3. The van der Waals surface area contributed by atoms with Gasteiger partial charge in [-0.25, -0.2) is 4.98 Å². The van der Waals surface area contributed by atoms with Crippen LogP contribution >= 0.6 is 11.6 Å². The van der Waals surface area contributed by atoms with Gasteiger partial charge in [0.15, 0.2) is 0 Å². The Morgan fingerprint density at radius 2 is 2.35 bits per heavy atom. The lowest BCUT2D eigenvalue weighted by Gasteiger charge is -2.05. The van der Waals surface area contributed by atoms with E-state index in [1.807, 2.05) is 0 Å². The first-order valence-corrected chi connectivity index (χ1v) is 5.21. The molecule has 4 N–H and O–H groups in total. The minimum atomic E-state index is -0.301. The number of nitrogens with one attached hydrogen (secondary N) is 2. The van der Waals surface area contributed by atoms with Gasteiger partial charge in [0.05, 0.1) is 16.8 Å². The Labute approximate surface area is 102 Å². The van der Waals surface area contributed by atoms with Crippen LogP contribution in [0.4, 0.5) is 5.82 Å². The minimum Gasteiger partial charge on any atom is -0.384 e. The molecule has 2 heterocycles. The lowest BCUT2D eigenvalue weighted by molar-refractivity contribution is 0.0951. The summed E-state index contributed by atoms with van der Waals surface area (Å²) in [4.78, 5) is 15.6. The fraction of sp³-hybridized carbons (Fsp3) is 0.100. The second-order valence-corrected chi connectivity index (χ2v) is 3.79. The molecule has 2 rings (SSSR count). The minimum absolute atomic E-state index is 0.253. The highest BCUT2D eigenvalue weighted by molar-refractivity contribution is 6.33. The van der Waals surface area contributed by atoms with Crippen molar-refractivity contribution in [1.29, 1.82) is 0 Å². The van der Waals surface area contributed by atoms with Crippen LogP contribution in [0.25, 0.3) is 0 Å². The maximum absolute atomic E-state index is 11.8. The molecule has 0 saturated carbocycles. The summed E-state index contributed by atoms with van der Waals surface area (Å²) < 4.78 is 0. The van der Waals surface area contributed by atoms with Gasteiger partial charge in [-0.3, -0.25) is 9.89 Å².